The first-order valence-electron chi connectivity index (χ1n) is 5.56. The Balaban J connectivity index is 2.83. The predicted molar refractivity (Wildman–Crippen MR) is 76.9 cm³/mol. The van der Waals surface area contributed by atoms with Crippen molar-refractivity contribution in [1.82, 2.24) is 4.98 Å². The van der Waals surface area contributed by atoms with Crippen LogP contribution in [-0.4, -0.2) is 21.8 Å². The lowest BCUT2D eigenvalue weighted by Crippen LogP contribution is -2.24. The van der Waals surface area contributed by atoms with Crippen LogP contribution in [0.5, 0.6) is 5.88 Å². The normalized spacial score (nSPS) is 13.5. The molecule has 0 unspecified atom stereocenters. The second kappa shape index (κ2) is 4.90. The summed E-state index contributed by atoms with van der Waals surface area (Å²) in [5, 5.41) is 9.56. The highest BCUT2D eigenvalue weighted by Gasteiger charge is 2.24. The minimum Gasteiger partial charge on any atom is -0.494 e. The van der Waals surface area contributed by atoms with E-state index in [0.29, 0.717) is 8.83 Å². The van der Waals surface area contributed by atoms with Crippen LogP contribution in [0.25, 0.3) is 0 Å². The van der Waals surface area contributed by atoms with Gasteiger partial charge in [0, 0.05) is 6.21 Å². The number of aromatic hydroxyl groups is 1. The number of aliphatic imine (C=N–C) groups is 1. The lowest BCUT2D eigenvalue weighted by atomic mass is 9.82. The van der Waals surface area contributed by atoms with Gasteiger partial charge in [-0.15, -0.1) is 0 Å². The fraction of sp³-hybridized carbons (Fsp3) is 0.667. The molecule has 0 aliphatic carbocycles. The highest BCUT2D eigenvalue weighted by Crippen LogP contribution is 2.30. The van der Waals surface area contributed by atoms with Crippen LogP contribution in [0, 0.1) is 9.37 Å². The zero-order valence-corrected chi connectivity index (χ0v) is 12.6. The Bertz CT molecular complexity index is 464. The number of rotatable bonds is 3. The summed E-state index contributed by atoms with van der Waals surface area (Å²) in [5.41, 5.74) is 0.0872. The van der Waals surface area contributed by atoms with Crippen LogP contribution in [0.15, 0.2) is 4.99 Å². The van der Waals surface area contributed by atoms with Crippen molar-refractivity contribution in [3.05, 3.63) is 8.83 Å². The molecule has 96 valence electrons. The highest BCUT2D eigenvalue weighted by atomic mass is 32.1. The Kier molecular flexibility index (Phi) is 4.15. The van der Waals surface area contributed by atoms with Gasteiger partial charge in [0.2, 0.25) is 5.88 Å². The number of hydrogen-bond donors (Lipinski definition) is 2. The highest BCUT2D eigenvalue weighted by molar-refractivity contribution is 7.73. The lowest BCUT2D eigenvalue weighted by Gasteiger charge is -2.28. The molecule has 2 N–H and O–H groups in total. The maximum atomic E-state index is 9.56. The molecule has 0 saturated carbocycles. The van der Waals surface area contributed by atoms with Crippen LogP contribution in [0.1, 0.15) is 45.9 Å². The quantitative estimate of drug-likeness (QED) is 0.641. The van der Waals surface area contributed by atoms with Crippen LogP contribution in [0.3, 0.4) is 0 Å². The Hall–Kier alpha value is -0.680. The van der Waals surface area contributed by atoms with Crippen LogP contribution in [0.4, 0.5) is 0 Å². The molecule has 0 amide bonds. The molecule has 3 nitrogen and oxygen atoms in total. The molecule has 0 spiro atoms. The van der Waals surface area contributed by atoms with Crippen molar-refractivity contribution in [2.75, 3.05) is 0 Å². The maximum Gasteiger partial charge on any atom is 0.209 e. The number of nitrogens with zero attached hydrogens (tertiary/aromatic N) is 1. The fourth-order valence-corrected chi connectivity index (χ4v) is 2.96. The van der Waals surface area contributed by atoms with Gasteiger partial charge in [0.1, 0.15) is 4.88 Å². The molecular weight excluding hydrogens is 252 g/mol. The maximum absolute atomic E-state index is 9.56. The van der Waals surface area contributed by atoms with Crippen molar-refractivity contribution in [3.8, 4) is 5.88 Å². The summed E-state index contributed by atoms with van der Waals surface area (Å²) in [5.74, 6) is 0.107. The Morgan fingerprint density at radius 1 is 1.35 bits per heavy atom. The van der Waals surface area contributed by atoms with E-state index in [1.165, 1.54) is 11.3 Å². The zero-order valence-electron chi connectivity index (χ0n) is 11.0. The van der Waals surface area contributed by atoms with Crippen LogP contribution >= 0.6 is 23.6 Å². The van der Waals surface area contributed by atoms with Gasteiger partial charge in [-0.2, -0.15) is 0 Å². The molecule has 0 saturated heterocycles. The number of aromatic amines is 1. The van der Waals surface area contributed by atoms with Crippen LogP contribution in [-0.2, 0) is 0 Å². The van der Waals surface area contributed by atoms with E-state index in [9.17, 15) is 5.11 Å². The molecule has 5 heteroatoms. The topological polar surface area (TPSA) is 48.4 Å². The first-order chi connectivity index (χ1) is 7.59. The van der Waals surface area contributed by atoms with Crippen molar-refractivity contribution >= 4 is 29.8 Å². The van der Waals surface area contributed by atoms with E-state index in [1.807, 2.05) is 0 Å². The van der Waals surface area contributed by atoms with E-state index in [4.69, 9.17) is 12.2 Å². The fourth-order valence-electron chi connectivity index (χ4n) is 2.00. The molecule has 0 aliphatic rings. The Morgan fingerprint density at radius 2 is 1.94 bits per heavy atom. The molecule has 0 radical (unpaired) electrons. The van der Waals surface area contributed by atoms with Crippen LogP contribution < -0.4 is 0 Å². The first kappa shape index (κ1) is 14.4. The summed E-state index contributed by atoms with van der Waals surface area (Å²) >= 11 is 6.29. The molecule has 1 rings (SSSR count). The van der Waals surface area contributed by atoms with Crippen molar-refractivity contribution in [2.45, 2.75) is 46.6 Å². The molecule has 0 fully saturated rings. The van der Waals surface area contributed by atoms with Gasteiger partial charge < -0.3 is 10.1 Å². The number of nitrogens with one attached hydrogen (secondary N) is 1. The van der Waals surface area contributed by atoms with Crippen molar-refractivity contribution in [3.63, 3.8) is 0 Å². The van der Waals surface area contributed by atoms with Gasteiger partial charge in [-0.1, -0.05) is 32.1 Å². The smallest absolute Gasteiger partial charge is 0.209 e. The largest absolute Gasteiger partial charge is 0.494 e. The summed E-state index contributed by atoms with van der Waals surface area (Å²) < 4.78 is 0.567. The third-order valence-electron chi connectivity index (χ3n) is 2.15. The minimum absolute atomic E-state index is 0.107. The molecule has 0 aromatic carbocycles. The standard InChI is InChI=1S/C12H20N2OS2/c1-11(2,3)7-12(4,5)13-6-8-9(15)14-10(16)17-8/h6,15H,7H2,1-5H3,(H,14,16). The Labute approximate surface area is 112 Å². The summed E-state index contributed by atoms with van der Waals surface area (Å²) in [7, 11) is 0. The summed E-state index contributed by atoms with van der Waals surface area (Å²) in [6, 6.07) is 0. The number of aromatic nitrogens is 1. The third kappa shape index (κ3) is 5.00. The molecule has 1 aromatic heterocycles. The van der Waals surface area contributed by atoms with E-state index in [0.717, 1.165) is 6.42 Å². The van der Waals surface area contributed by atoms with E-state index in [-0.39, 0.29) is 16.8 Å². The van der Waals surface area contributed by atoms with Gasteiger partial charge in [0.05, 0.1) is 5.54 Å². The van der Waals surface area contributed by atoms with Gasteiger partial charge in [-0.05, 0) is 37.9 Å². The third-order valence-corrected chi connectivity index (χ3v) is 3.31. The molecule has 1 aromatic rings. The SMILES string of the molecule is CC(C)(C)CC(C)(C)N=Cc1sc(=S)[nH]c1O. The van der Waals surface area contributed by atoms with E-state index in [1.54, 1.807) is 6.21 Å². The van der Waals surface area contributed by atoms with Crippen molar-refractivity contribution < 1.29 is 5.11 Å². The van der Waals surface area contributed by atoms with Gasteiger partial charge in [0.15, 0.2) is 3.95 Å². The predicted octanol–water partition coefficient (Wildman–Crippen LogP) is 4.14. The molecule has 0 aliphatic heterocycles. The monoisotopic (exact) mass is 272 g/mol. The molecule has 0 atom stereocenters. The van der Waals surface area contributed by atoms with Crippen molar-refractivity contribution in [1.29, 1.82) is 0 Å². The summed E-state index contributed by atoms with van der Waals surface area (Å²) in [6.45, 7) is 10.8. The Morgan fingerprint density at radius 3 is 2.35 bits per heavy atom. The van der Waals surface area contributed by atoms with Gasteiger partial charge in [-0.3, -0.25) is 4.99 Å². The van der Waals surface area contributed by atoms with Crippen molar-refractivity contribution in [2.24, 2.45) is 10.4 Å². The van der Waals surface area contributed by atoms with E-state index < -0.39 is 0 Å². The van der Waals surface area contributed by atoms with Crippen LogP contribution in [0.2, 0.25) is 0 Å². The second-order valence-electron chi connectivity index (χ2n) is 6.04. The molecule has 17 heavy (non-hydrogen) atoms. The number of H-pyrrole nitrogens is 1. The number of thiazole rings is 1. The molecule has 0 bridgehead atoms. The van der Waals surface area contributed by atoms with Gasteiger partial charge >= 0.3 is 0 Å². The van der Waals surface area contributed by atoms with E-state index >= 15 is 0 Å². The molecule has 1 heterocycles. The summed E-state index contributed by atoms with van der Waals surface area (Å²) in [4.78, 5) is 7.93. The minimum atomic E-state index is -0.143. The van der Waals surface area contributed by atoms with E-state index in [2.05, 4.69) is 44.6 Å². The zero-order chi connectivity index (χ0) is 13.3. The van der Waals surface area contributed by atoms with Gasteiger partial charge in [0.25, 0.3) is 0 Å². The first-order valence-corrected chi connectivity index (χ1v) is 6.79. The summed E-state index contributed by atoms with van der Waals surface area (Å²) in [6.07, 6.45) is 2.69. The number of hydrogen-bond acceptors (Lipinski definition) is 4. The average molecular weight is 272 g/mol. The average Bonchev–Trinajstić information content (AvgIpc) is 2.37. The lowest BCUT2D eigenvalue weighted by molar-refractivity contribution is 0.289. The second-order valence-corrected chi connectivity index (χ2v) is 7.75. The van der Waals surface area contributed by atoms with Gasteiger partial charge in [-0.25, -0.2) is 0 Å². The molecular formula is C12H20N2OS2.